The molecule has 0 aliphatic heterocycles. The Labute approximate surface area is 89.7 Å². The normalized spacial score (nSPS) is 13.9. The van der Waals surface area contributed by atoms with Crippen LogP contribution in [-0.4, -0.2) is 11.3 Å². The maximum absolute atomic E-state index is 13.0. The Bertz CT molecular complexity index is 389. The number of phenols is 1. The summed E-state index contributed by atoms with van der Waals surface area (Å²) < 4.78 is 49.2. The average molecular weight is 237 g/mol. The zero-order valence-electron chi connectivity index (χ0n) is 8.48. The fourth-order valence-electron chi connectivity index (χ4n) is 1.40. The minimum absolute atomic E-state index is 0.160. The van der Waals surface area contributed by atoms with Crippen molar-refractivity contribution in [1.82, 2.24) is 0 Å². The first-order valence-corrected chi connectivity index (χ1v) is 4.52. The van der Waals surface area contributed by atoms with Gasteiger partial charge in [0.15, 0.2) is 0 Å². The van der Waals surface area contributed by atoms with Crippen LogP contribution in [-0.2, 0) is 0 Å². The number of benzene rings is 1. The van der Waals surface area contributed by atoms with Crippen molar-refractivity contribution >= 4 is 0 Å². The first-order valence-electron chi connectivity index (χ1n) is 4.52. The molecule has 90 valence electrons. The summed E-state index contributed by atoms with van der Waals surface area (Å²) in [6.45, 7) is 1.39. The summed E-state index contributed by atoms with van der Waals surface area (Å²) >= 11 is 0. The van der Waals surface area contributed by atoms with E-state index in [1.165, 1.54) is 6.92 Å². The van der Waals surface area contributed by atoms with Crippen LogP contribution in [0.3, 0.4) is 0 Å². The number of rotatable bonds is 2. The number of hydrogen-bond acceptors (Lipinski definition) is 2. The largest absolute Gasteiger partial charge is 0.507 e. The van der Waals surface area contributed by atoms with Gasteiger partial charge < -0.3 is 10.8 Å². The summed E-state index contributed by atoms with van der Waals surface area (Å²) in [4.78, 5) is 0. The van der Waals surface area contributed by atoms with Crippen molar-refractivity contribution < 1.29 is 22.7 Å². The summed E-state index contributed by atoms with van der Waals surface area (Å²) in [5.41, 5.74) is 5.21. The van der Waals surface area contributed by atoms with E-state index in [0.29, 0.717) is 0 Å². The molecule has 0 saturated heterocycles. The van der Waals surface area contributed by atoms with Gasteiger partial charge >= 0.3 is 6.18 Å². The predicted octanol–water partition coefficient (Wildman–Crippen LogP) is 2.79. The lowest BCUT2D eigenvalue weighted by Crippen LogP contribution is -2.20. The molecule has 0 unspecified atom stereocenters. The highest BCUT2D eigenvalue weighted by molar-refractivity contribution is 5.41. The quantitative estimate of drug-likeness (QED) is 0.777. The lowest BCUT2D eigenvalue weighted by molar-refractivity contribution is -0.138. The molecule has 3 N–H and O–H groups in total. The van der Waals surface area contributed by atoms with Gasteiger partial charge in [-0.05, 0) is 24.6 Å². The van der Waals surface area contributed by atoms with Crippen LogP contribution in [0.25, 0.3) is 0 Å². The maximum Gasteiger partial charge on any atom is 0.390 e. The minimum atomic E-state index is -4.45. The first-order chi connectivity index (χ1) is 7.20. The zero-order chi connectivity index (χ0) is 12.5. The smallest absolute Gasteiger partial charge is 0.390 e. The molecule has 0 radical (unpaired) electrons. The van der Waals surface area contributed by atoms with E-state index in [1.807, 2.05) is 0 Å². The van der Waals surface area contributed by atoms with E-state index in [9.17, 15) is 22.7 Å². The molecule has 0 fully saturated rings. The predicted molar refractivity (Wildman–Crippen MR) is 50.4 cm³/mol. The third kappa shape index (κ3) is 3.10. The van der Waals surface area contributed by atoms with Crippen molar-refractivity contribution in [2.24, 2.45) is 5.73 Å². The summed E-state index contributed by atoms with van der Waals surface area (Å²) in [7, 11) is 0. The molecule has 0 amide bonds. The molecule has 1 atom stereocenters. The first kappa shape index (κ1) is 12.8. The van der Waals surface area contributed by atoms with E-state index < -0.39 is 30.2 Å². The van der Waals surface area contributed by atoms with Gasteiger partial charge in [0, 0.05) is 11.6 Å². The fourth-order valence-corrected chi connectivity index (χ4v) is 1.40. The summed E-state index contributed by atoms with van der Waals surface area (Å²) in [5.74, 6) is -1.11. The molecule has 0 aromatic heterocycles. The Morgan fingerprint density at radius 2 is 1.94 bits per heavy atom. The molecule has 6 heteroatoms. The Balaban J connectivity index is 3.04. The Hall–Kier alpha value is -1.30. The van der Waals surface area contributed by atoms with E-state index in [4.69, 9.17) is 5.73 Å². The molecular formula is C10H11F4NO. The van der Waals surface area contributed by atoms with Crippen molar-refractivity contribution in [3.05, 3.63) is 29.1 Å². The van der Waals surface area contributed by atoms with E-state index in [-0.39, 0.29) is 11.1 Å². The monoisotopic (exact) mass is 237 g/mol. The van der Waals surface area contributed by atoms with Crippen LogP contribution in [0.5, 0.6) is 5.75 Å². The summed E-state index contributed by atoms with van der Waals surface area (Å²) in [5, 5.41) is 9.48. The SMILES string of the molecule is Cc1cc(F)cc([C@@H](N)CC(F)(F)F)c1O. The minimum Gasteiger partial charge on any atom is -0.507 e. The second-order valence-corrected chi connectivity index (χ2v) is 3.59. The molecule has 1 rings (SSSR count). The van der Waals surface area contributed by atoms with Gasteiger partial charge in [0.1, 0.15) is 11.6 Å². The van der Waals surface area contributed by atoms with Crippen LogP contribution in [0.4, 0.5) is 17.6 Å². The molecule has 1 aromatic carbocycles. The number of nitrogens with two attached hydrogens (primary N) is 1. The molecule has 0 aliphatic rings. The van der Waals surface area contributed by atoms with E-state index in [2.05, 4.69) is 0 Å². The average Bonchev–Trinajstić information content (AvgIpc) is 2.08. The summed E-state index contributed by atoms with van der Waals surface area (Å²) in [6, 6.07) is 0.382. The molecule has 2 nitrogen and oxygen atoms in total. The number of aromatic hydroxyl groups is 1. The molecule has 16 heavy (non-hydrogen) atoms. The van der Waals surface area contributed by atoms with Gasteiger partial charge in [0.25, 0.3) is 0 Å². The van der Waals surface area contributed by atoms with E-state index in [1.54, 1.807) is 0 Å². The van der Waals surface area contributed by atoms with Crippen molar-refractivity contribution in [1.29, 1.82) is 0 Å². The standard InChI is InChI=1S/C10H11F4NO/c1-5-2-6(11)3-7(9(5)16)8(15)4-10(12,13)14/h2-3,8,16H,4,15H2,1H3/t8-/m0/s1. The van der Waals surface area contributed by atoms with Gasteiger partial charge in [-0.15, -0.1) is 0 Å². The lowest BCUT2D eigenvalue weighted by Gasteiger charge is -2.16. The van der Waals surface area contributed by atoms with Gasteiger partial charge in [-0.3, -0.25) is 0 Å². The van der Waals surface area contributed by atoms with Crippen LogP contribution in [0.15, 0.2) is 12.1 Å². The van der Waals surface area contributed by atoms with E-state index >= 15 is 0 Å². The number of halogens is 4. The number of phenolic OH excluding ortho intramolecular Hbond substituents is 1. The van der Waals surface area contributed by atoms with Crippen molar-refractivity contribution in [3.63, 3.8) is 0 Å². The fraction of sp³-hybridized carbons (Fsp3) is 0.400. The van der Waals surface area contributed by atoms with Crippen LogP contribution in [0, 0.1) is 12.7 Å². The van der Waals surface area contributed by atoms with Crippen molar-refractivity contribution in [3.8, 4) is 5.75 Å². The molecule has 0 heterocycles. The molecule has 0 saturated carbocycles. The number of aryl methyl sites for hydroxylation is 1. The zero-order valence-corrected chi connectivity index (χ0v) is 8.48. The third-order valence-corrected chi connectivity index (χ3v) is 2.15. The Kier molecular flexibility index (Phi) is 3.42. The molecule has 0 aliphatic carbocycles. The molecule has 0 bridgehead atoms. The molecule has 0 spiro atoms. The lowest BCUT2D eigenvalue weighted by atomic mass is 10.0. The second kappa shape index (κ2) is 4.29. The maximum atomic E-state index is 13.0. The molecular weight excluding hydrogens is 226 g/mol. The topological polar surface area (TPSA) is 46.2 Å². The molecule has 1 aromatic rings. The van der Waals surface area contributed by atoms with Crippen LogP contribution >= 0.6 is 0 Å². The van der Waals surface area contributed by atoms with Crippen LogP contribution < -0.4 is 5.73 Å². The van der Waals surface area contributed by atoms with Crippen LogP contribution in [0.2, 0.25) is 0 Å². The van der Waals surface area contributed by atoms with Crippen LogP contribution in [0.1, 0.15) is 23.6 Å². The van der Waals surface area contributed by atoms with Crippen molar-refractivity contribution in [2.75, 3.05) is 0 Å². The van der Waals surface area contributed by atoms with Gasteiger partial charge in [-0.1, -0.05) is 0 Å². The highest BCUT2D eigenvalue weighted by Crippen LogP contribution is 2.34. The Morgan fingerprint density at radius 3 is 2.44 bits per heavy atom. The van der Waals surface area contributed by atoms with Gasteiger partial charge in [0.05, 0.1) is 6.42 Å². The number of hydrogen-bond donors (Lipinski definition) is 2. The van der Waals surface area contributed by atoms with E-state index in [0.717, 1.165) is 12.1 Å². The third-order valence-electron chi connectivity index (χ3n) is 2.15. The van der Waals surface area contributed by atoms with Gasteiger partial charge in [0.2, 0.25) is 0 Å². The summed E-state index contributed by atoms with van der Waals surface area (Å²) in [6.07, 6.45) is -5.75. The highest BCUT2D eigenvalue weighted by atomic mass is 19.4. The second-order valence-electron chi connectivity index (χ2n) is 3.59. The van der Waals surface area contributed by atoms with Gasteiger partial charge in [-0.25, -0.2) is 4.39 Å². The number of alkyl halides is 3. The highest BCUT2D eigenvalue weighted by Gasteiger charge is 2.32. The van der Waals surface area contributed by atoms with Crippen molar-refractivity contribution in [2.45, 2.75) is 25.6 Å². The Morgan fingerprint density at radius 1 is 1.38 bits per heavy atom. The van der Waals surface area contributed by atoms with Gasteiger partial charge in [-0.2, -0.15) is 13.2 Å².